The molecule has 0 amide bonds. The third kappa shape index (κ3) is 4.60. The van der Waals surface area contributed by atoms with Crippen molar-refractivity contribution in [1.82, 2.24) is 5.32 Å². The standard InChI is InChI=1S/C10H10F3NO/c11-10(12,13)7-14-6-9(15)8-4-2-1-3-5-8/h1-5,14H,6-7H2. The van der Waals surface area contributed by atoms with Gasteiger partial charge in [0.25, 0.3) is 0 Å². The maximum absolute atomic E-state index is 11.7. The van der Waals surface area contributed by atoms with Gasteiger partial charge in [0.05, 0.1) is 13.1 Å². The lowest BCUT2D eigenvalue weighted by Gasteiger charge is -2.07. The molecule has 0 aliphatic heterocycles. The molecule has 82 valence electrons. The van der Waals surface area contributed by atoms with Crippen LogP contribution in [-0.4, -0.2) is 25.0 Å². The number of nitrogens with one attached hydrogen (secondary N) is 1. The largest absolute Gasteiger partial charge is 0.401 e. The zero-order valence-corrected chi connectivity index (χ0v) is 7.84. The number of halogens is 3. The van der Waals surface area contributed by atoms with Gasteiger partial charge in [0.1, 0.15) is 0 Å². The SMILES string of the molecule is O=C(CNCC(F)(F)F)c1ccccc1. The van der Waals surface area contributed by atoms with E-state index in [2.05, 4.69) is 0 Å². The summed E-state index contributed by atoms with van der Waals surface area (Å²) in [6.45, 7) is -1.45. The number of alkyl halides is 3. The minimum atomic E-state index is -4.28. The number of hydrogen-bond donors (Lipinski definition) is 1. The molecule has 0 bridgehead atoms. The normalized spacial score (nSPS) is 11.4. The molecule has 5 heteroatoms. The zero-order chi connectivity index (χ0) is 11.3. The van der Waals surface area contributed by atoms with E-state index < -0.39 is 12.7 Å². The van der Waals surface area contributed by atoms with Gasteiger partial charge in [-0.05, 0) is 0 Å². The molecule has 0 spiro atoms. The molecule has 2 nitrogen and oxygen atoms in total. The molecule has 0 aliphatic carbocycles. The maximum atomic E-state index is 11.7. The first kappa shape index (κ1) is 11.7. The van der Waals surface area contributed by atoms with E-state index in [9.17, 15) is 18.0 Å². The van der Waals surface area contributed by atoms with Crippen molar-refractivity contribution in [3.63, 3.8) is 0 Å². The highest BCUT2D eigenvalue weighted by Crippen LogP contribution is 2.12. The molecule has 0 aliphatic rings. The fourth-order valence-corrected chi connectivity index (χ4v) is 1.04. The van der Waals surface area contributed by atoms with Crippen molar-refractivity contribution in [3.05, 3.63) is 35.9 Å². The number of hydrogen-bond acceptors (Lipinski definition) is 2. The van der Waals surface area contributed by atoms with Gasteiger partial charge >= 0.3 is 6.18 Å². The van der Waals surface area contributed by atoms with Crippen molar-refractivity contribution >= 4 is 5.78 Å². The third-order valence-corrected chi connectivity index (χ3v) is 1.71. The smallest absolute Gasteiger partial charge is 0.302 e. The predicted octanol–water partition coefficient (Wildman–Crippen LogP) is 2.02. The fourth-order valence-electron chi connectivity index (χ4n) is 1.04. The lowest BCUT2D eigenvalue weighted by molar-refractivity contribution is -0.124. The maximum Gasteiger partial charge on any atom is 0.401 e. The molecule has 15 heavy (non-hydrogen) atoms. The topological polar surface area (TPSA) is 29.1 Å². The number of carbonyl (C=O) groups excluding carboxylic acids is 1. The minimum absolute atomic E-state index is 0.302. The van der Waals surface area contributed by atoms with Crippen LogP contribution in [0.25, 0.3) is 0 Å². The van der Waals surface area contributed by atoms with Crippen molar-refractivity contribution in [3.8, 4) is 0 Å². The quantitative estimate of drug-likeness (QED) is 0.782. The van der Waals surface area contributed by atoms with Crippen molar-refractivity contribution in [1.29, 1.82) is 0 Å². The Kier molecular flexibility index (Phi) is 3.85. The van der Waals surface area contributed by atoms with Gasteiger partial charge in [-0.25, -0.2) is 0 Å². The molecule has 0 fully saturated rings. The zero-order valence-electron chi connectivity index (χ0n) is 7.84. The molecule has 0 aromatic heterocycles. The van der Waals surface area contributed by atoms with E-state index in [0.29, 0.717) is 5.56 Å². The van der Waals surface area contributed by atoms with E-state index in [1.807, 2.05) is 5.32 Å². The van der Waals surface area contributed by atoms with Crippen molar-refractivity contribution < 1.29 is 18.0 Å². The van der Waals surface area contributed by atoms with Gasteiger partial charge in [-0.1, -0.05) is 30.3 Å². The first-order valence-corrected chi connectivity index (χ1v) is 4.35. The van der Waals surface area contributed by atoms with E-state index >= 15 is 0 Å². The Morgan fingerprint density at radius 2 is 1.80 bits per heavy atom. The highest BCUT2D eigenvalue weighted by molar-refractivity contribution is 5.97. The minimum Gasteiger partial charge on any atom is -0.302 e. The van der Waals surface area contributed by atoms with Crippen LogP contribution in [0, 0.1) is 0 Å². The average Bonchev–Trinajstić information content (AvgIpc) is 2.17. The predicted molar refractivity (Wildman–Crippen MR) is 49.7 cm³/mol. The van der Waals surface area contributed by atoms with Gasteiger partial charge in [0.2, 0.25) is 0 Å². The third-order valence-electron chi connectivity index (χ3n) is 1.71. The first-order chi connectivity index (χ1) is 6.99. The van der Waals surface area contributed by atoms with Crippen LogP contribution in [0.3, 0.4) is 0 Å². The summed E-state index contributed by atoms with van der Waals surface area (Å²) in [7, 11) is 0. The summed E-state index contributed by atoms with van der Waals surface area (Å²) in [6.07, 6.45) is -4.28. The fraction of sp³-hybridized carbons (Fsp3) is 0.300. The lowest BCUT2D eigenvalue weighted by Crippen LogP contribution is -2.32. The van der Waals surface area contributed by atoms with E-state index in [0.717, 1.165) is 0 Å². The van der Waals surface area contributed by atoms with Gasteiger partial charge in [-0.3, -0.25) is 4.79 Å². The van der Waals surface area contributed by atoms with E-state index in [1.165, 1.54) is 0 Å². The molecular formula is C10H10F3NO. The second kappa shape index (κ2) is 4.93. The summed E-state index contributed by atoms with van der Waals surface area (Å²) in [6, 6.07) is 8.20. The lowest BCUT2D eigenvalue weighted by atomic mass is 10.1. The van der Waals surface area contributed by atoms with Crippen LogP contribution in [0.2, 0.25) is 0 Å². The molecule has 1 aromatic rings. The molecule has 0 radical (unpaired) electrons. The Labute approximate surface area is 85.1 Å². The van der Waals surface area contributed by atoms with Gasteiger partial charge < -0.3 is 5.32 Å². The molecule has 1 rings (SSSR count). The van der Waals surface area contributed by atoms with Gasteiger partial charge in [-0.15, -0.1) is 0 Å². The van der Waals surface area contributed by atoms with Crippen molar-refractivity contribution in [2.75, 3.05) is 13.1 Å². The number of rotatable bonds is 4. The van der Waals surface area contributed by atoms with Crippen LogP contribution >= 0.6 is 0 Å². The van der Waals surface area contributed by atoms with Crippen LogP contribution in [0.4, 0.5) is 13.2 Å². The molecule has 0 saturated heterocycles. The summed E-state index contributed by atoms with van der Waals surface area (Å²) < 4.78 is 35.2. The number of ketones is 1. The molecule has 0 unspecified atom stereocenters. The van der Waals surface area contributed by atoms with Crippen molar-refractivity contribution in [2.45, 2.75) is 6.18 Å². The Balaban J connectivity index is 2.38. The van der Waals surface area contributed by atoms with Crippen LogP contribution in [-0.2, 0) is 0 Å². The molecule has 0 heterocycles. The van der Waals surface area contributed by atoms with Crippen molar-refractivity contribution in [2.24, 2.45) is 0 Å². The number of benzene rings is 1. The summed E-state index contributed by atoms with van der Waals surface area (Å²) >= 11 is 0. The summed E-state index contributed by atoms with van der Waals surface area (Å²) in [5, 5.41) is 2.05. The molecular weight excluding hydrogens is 207 g/mol. The van der Waals surface area contributed by atoms with Crippen LogP contribution in [0.5, 0.6) is 0 Å². The molecule has 0 saturated carbocycles. The van der Waals surface area contributed by atoms with E-state index in [-0.39, 0.29) is 12.3 Å². The highest BCUT2D eigenvalue weighted by Gasteiger charge is 2.26. The highest BCUT2D eigenvalue weighted by atomic mass is 19.4. The Morgan fingerprint density at radius 1 is 1.20 bits per heavy atom. The molecule has 1 N–H and O–H groups in total. The summed E-state index contributed by atoms with van der Waals surface area (Å²) in [5.41, 5.74) is 0.409. The van der Waals surface area contributed by atoms with Crippen LogP contribution < -0.4 is 5.32 Å². The molecule has 1 aromatic carbocycles. The summed E-state index contributed by atoms with van der Waals surface area (Å²) in [5.74, 6) is -0.347. The molecule has 0 atom stereocenters. The van der Waals surface area contributed by atoms with Crippen LogP contribution in [0.15, 0.2) is 30.3 Å². The van der Waals surface area contributed by atoms with E-state index in [4.69, 9.17) is 0 Å². The van der Waals surface area contributed by atoms with Gasteiger partial charge in [-0.2, -0.15) is 13.2 Å². The Hall–Kier alpha value is -1.36. The Morgan fingerprint density at radius 3 is 2.33 bits per heavy atom. The second-order valence-electron chi connectivity index (χ2n) is 3.01. The van der Waals surface area contributed by atoms with E-state index in [1.54, 1.807) is 30.3 Å². The number of Topliss-reactive ketones (excluding diaryl/α,β-unsaturated/α-hetero) is 1. The van der Waals surface area contributed by atoms with Crippen LogP contribution in [0.1, 0.15) is 10.4 Å². The average molecular weight is 217 g/mol. The monoisotopic (exact) mass is 217 g/mol. The number of carbonyl (C=O) groups is 1. The van der Waals surface area contributed by atoms with Gasteiger partial charge in [0, 0.05) is 5.56 Å². The second-order valence-corrected chi connectivity index (χ2v) is 3.01. The summed E-state index contributed by atoms with van der Waals surface area (Å²) in [4.78, 5) is 11.3. The first-order valence-electron chi connectivity index (χ1n) is 4.35. The Bertz CT molecular complexity index is 321. The van der Waals surface area contributed by atoms with Gasteiger partial charge in [0.15, 0.2) is 5.78 Å².